The van der Waals surface area contributed by atoms with Gasteiger partial charge in [0.05, 0.1) is 15.9 Å². The van der Waals surface area contributed by atoms with Gasteiger partial charge in [-0.25, -0.2) is 4.98 Å². The van der Waals surface area contributed by atoms with Gasteiger partial charge in [0, 0.05) is 4.47 Å². The van der Waals surface area contributed by atoms with Crippen LogP contribution in [0.5, 0.6) is 0 Å². The van der Waals surface area contributed by atoms with E-state index in [4.69, 9.17) is 0 Å². The number of nitrogens with one attached hydrogen (secondary N) is 1. The van der Waals surface area contributed by atoms with Gasteiger partial charge >= 0.3 is 0 Å². The van der Waals surface area contributed by atoms with Crippen LogP contribution >= 0.6 is 31.9 Å². The summed E-state index contributed by atoms with van der Waals surface area (Å²) in [5, 5.41) is 0. The van der Waals surface area contributed by atoms with Gasteiger partial charge in [-0.3, -0.25) is 4.79 Å². The van der Waals surface area contributed by atoms with E-state index in [9.17, 15) is 4.79 Å². The predicted molar refractivity (Wildman–Crippen MR) is 87.3 cm³/mol. The fourth-order valence-electron chi connectivity index (χ4n) is 2.01. The highest BCUT2D eigenvalue weighted by atomic mass is 79.9. The van der Waals surface area contributed by atoms with Crippen LogP contribution in [-0.4, -0.2) is 9.97 Å². The maximum Gasteiger partial charge on any atom is 0.271 e. The van der Waals surface area contributed by atoms with Crippen LogP contribution in [0.1, 0.15) is 16.1 Å². The number of hydrogen-bond donors (Lipinski definition) is 1. The molecule has 0 spiro atoms. The Balaban J connectivity index is 2.11. The van der Waals surface area contributed by atoms with E-state index in [-0.39, 0.29) is 10.4 Å². The monoisotopic (exact) mass is 392 g/mol. The topological polar surface area (TPSA) is 45.8 Å². The van der Waals surface area contributed by atoms with Crippen LogP contribution in [0.3, 0.4) is 0 Å². The molecule has 0 aliphatic rings. The van der Waals surface area contributed by atoms with Crippen molar-refractivity contribution in [3.05, 3.63) is 74.6 Å². The van der Waals surface area contributed by atoms with Crippen molar-refractivity contribution in [1.82, 2.24) is 9.97 Å². The molecule has 1 unspecified atom stereocenters. The standard InChI is InChI=1S/C15H10Br2N2O/c16-10-7-5-9(6-8-10)13(17)14-15(20)19-12-4-2-1-3-11(12)18-14/h1-8,13H,(H,19,20). The molecule has 2 aromatic carbocycles. The molecule has 0 aliphatic heterocycles. The molecule has 3 rings (SSSR count). The lowest BCUT2D eigenvalue weighted by Crippen LogP contribution is -2.17. The summed E-state index contributed by atoms with van der Waals surface area (Å²) in [4.78, 5) is 19.3. The number of aromatic nitrogens is 2. The molecule has 0 aliphatic carbocycles. The maximum absolute atomic E-state index is 12.2. The molecule has 0 saturated heterocycles. The molecule has 100 valence electrons. The molecule has 0 radical (unpaired) electrons. The normalized spacial score (nSPS) is 12.5. The second-order valence-corrected chi connectivity index (χ2v) is 6.21. The van der Waals surface area contributed by atoms with Crippen molar-refractivity contribution in [2.45, 2.75) is 4.83 Å². The first-order valence-electron chi connectivity index (χ1n) is 6.03. The number of halogens is 2. The lowest BCUT2D eigenvalue weighted by atomic mass is 10.1. The third-order valence-corrected chi connectivity index (χ3v) is 4.52. The number of para-hydroxylation sites is 2. The van der Waals surface area contributed by atoms with Crippen LogP contribution in [-0.2, 0) is 0 Å². The largest absolute Gasteiger partial charge is 0.319 e. The summed E-state index contributed by atoms with van der Waals surface area (Å²) in [6.45, 7) is 0. The Labute approximate surface area is 132 Å². The Bertz CT molecular complexity index is 812. The SMILES string of the molecule is O=c1[nH]c2ccccc2nc1C(Br)c1ccc(Br)cc1. The highest BCUT2D eigenvalue weighted by Crippen LogP contribution is 2.28. The molecule has 1 heterocycles. The summed E-state index contributed by atoms with van der Waals surface area (Å²) in [7, 11) is 0. The molecule has 0 bridgehead atoms. The van der Waals surface area contributed by atoms with E-state index in [0.29, 0.717) is 5.69 Å². The van der Waals surface area contributed by atoms with Crippen LogP contribution in [0.25, 0.3) is 11.0 Å². The molecular formula is C15H10Br2N2O. The Morgan fingerprint density at radius 3 is 2.50 bits per heavy atom. The van der Waals surface area contributed by atoms with Crippen molar-refractivity contribution in [3.63, 3.8) is 0 Å². The smallest absolute Gasteiger partial charge is 0.271 e. The Morgan fingerprint density at radius 2 is 1.75 bits per heavy atom. The number of nitrogens with zero attached hydrogens (tertiary/aromatic N) is 1. The number of H-pyrrole nitrogens is 1. The van der Waals surface area contributed by atoms with E-state index < -0.39 is 0 Å². The predicted octanol–water partition coefficient (Wildman–Crippen LogP) is 4.17. The molecular weight excluding hydrogens is 384 g/mol. The number of fused-ring (bicyclic) bond motifs is 1. The fourth-order valence-corrected chi connectivity index (χ4v) is 2.88. The second kappa shape index (κ2) is 5.50. The van der Waals surface area contributed by atoms with Crippen LogP contribution in [0, 0.1) is 0 Å². The van der Waals surface area contributed by atoms with E-state index in [1.165, 1.54) is 0 Å². The molecule has 0 saturated carbocycles. The molecule has 20 heavy (non-hydrogen) atoms. The van der Waals surface area contributed by atoms with Crippen molar-refractivity contribution in [3.8, 4) is 0 Å². The van der Waals surface area contributed by atoms with Gasteiger partial charge < -0.3 is 4.98 Å². The highest BCUT2D eigenvalue weighted by Gasteiger charge is 2.16. The van der Waals surface area contributed by atoms with Crippen LogP contribution in [0.4, 0.5) is 0 Å². The number of hydrogen-bond acceptors (Lipinski definition) is 2. The van der Waals surface area contributed by atoms with E-state index in [1.807, 2.05) is 48.5 Å². The quantitative estimate of drug-likeness (QED) is 0.664. The lowest BCUT2D eigenvalue weighted by Gasteiger charge is -2.10. The minimum absolute atomic E-state index is 0.173. The summed E-state index contributed by atoms with van der Waals surface area (Å²) in [5.41, 5.74) is 2.81. The summed E-state index contributed by atoms with van der Waals surface area (Å²) in [5.74, 6) is 0. The minimum atomic E-state index is -0.232. The molecule has 3 nitrogen and oxygen atoms in total. The molecule has 3 aromatic rings. The average Bonchev–Trinajstić information content (AvgIpc) is 2.46. The first kappa shape index (κ1) is 13.5. The van der Waals surface area contributed by atoms with Crippen LogP contribution < -0.4 is 5.56 Å². The van der Waals surface area contributed by atoms with Crippen molar-refractivity contribution in [2.24, 2.45) is 0 Å². The molecule has 1 N–H and O–H groups in total. The van der Waals surface area contributed by atoms with E-state index in [0.717, 1.165) is 21.1 Å². The number of rotatable bonds is 2. The molecule has 0 amide bonds. The van der Waals surface area contributed by atoms with E-state index in [1.54, 1.807) is 0 Å². The Kier molecular flexibility index (Phi) is 3.72. The number of benzene rings is 2. The van der Waals surface area contributed by atoms with Crippen LogP contribution in [0.15, 0.2) is 57.8 Å². The van der Waals surface area contributed by atoms with E-state index in [2.05, 4.69) is 41.8 Å². The van der Waals surface area contributed by atoms with Crippen molar-refractivity contribution in [2.75, 3.05) is 0 Å². The molecule has 5 heteroatoms. The zero-order valence-electron chi connectivity index (χ0n) is 10.3. The second-order valence-electron chi connectivity index (χ2n) is 4.38. The average molecular weight is 394 g/mol. The molecule has 1 atom stereocenters. The number of alkyl halides is 1. The van der Waals surface area contributed by atoms with Gasteiger partial charge in [-0.2, -0.15) is 0 Å². The third kappa shape index (κ3) is 2.55. The van der Waals surface area contributed by atoms with Gasteiger partial charge in [0.15, 0.2) is 0 Å². The van der Waals surface area contributed by atoms with Crippen molar-refractivity contribution < 1.29 is 0 Å². The summed E-state index contributed by atoms with van der Waals surface area (Å²) < 4.78 is 1.00. The van der Waals surface area contributed by atoms with Crippen molar-refractivity contribution >= 4 is 42.9 Å². The van der Waals surface area contributed by atoms with Gasteiger partial charge in [0.2, 0.25) is 0 Å². The summed E-state index contributed by atoms with van der Waals surface area (Å²) in [6, 6.07) is 15.3. The summed E-state index contributed by atoms with van der Waals surface area (Å²) in [6.07, 6.45) is 0. The van der Waals surface area contributed by atoms with Gasteiger partial charge in [-0.15, -0.1) is 0 Å². The van der Waals surface area contributed by atoms with Gasteiger partial charge in [-0.1, -0.05) is 56.1 Å². The highest BCUT2D eigenvalue weighted by molar-refractivity contribution is 9.10. The number of aromatic amines is 1. The third-order valence-electron chi connectivity index (χ3n) is 3.03. The molecule has 0 fully saturated rings. The first-order chi connectivity index (χ1) is 9.65. The van der Waals surface area contributed by atoms with Gasteiger partial charge in [0.25, 0.3) is 5.56 Å². The summed E-state index contributed by atoms with van der Waals surface area (Å²) >= 11 is 6.96. The Hall–Kier alpha value is -1.46. The Morgan fingerprint density at radius 1 is 1.05 bits per heavy atom. The maximum atomic E-state index is 12.2. The zero-order valence-corrected chi connectivity index (χ0v) is 13.5. The van der Waals surface area contributed by atoms with Crippen LogP contribution in [0.2, 0.25) is 0 Å². The van der Waals surface area contributed by atoms with Gasteiger partial charge in [0.1, 0.15) is 5.69 Å². The van der Waals surface area contributed by atoms with Gasteiger partial charge in [-0.05, 0) is 29.8 Å². The van der Waals surface area contributed by atoms with E-state index >= 15 is 0 Å². The molecule has 1 aromatic heterocycles. The first-order valence-corrected chi connectivity index (χ1v) is 7.74. The minimum Gasteiger partial charge on any atom is -0.319 e. The fraction of sp³-hybridized carbons (Fsp3) is 0.0667. The lowest BCUT2D eigenvalue weighted by molar-refractivity contribution is 1.02. The van der Waals surface area contributed by atoms with Crippen molar-refractivity contribution in [1.29, 1.82) is 0 Å². The zero-order chi connectivity index (χ0) is 14.1.